The Morgan fingerprint density at radius 1 is 1.41 bits per heavy atom. The number of anilines is 1. The Morgan fingerprint density at radius 2 is 2.06 bits per heavy atom. The summed E-state index contributed by atoms with van der Waals surface area (Å²) in [5.74, 6) is 0.494. The second kappa shape index (κ2) is 6.07. The summed E-state index contributed by atoms with van der Waals surface area (Å²) in [6, 6.07) is 4.93. The summed E-state index contributed by atoms with van der Waals surface area (Å²) in [6.07, 6.45) is 0.643. The predicted octanol–water partition coefficient (Wildman–Crippen LogP) is 3.89. The number of benzene rings is 1. The van der Waals surface area contributed by atoms with E-state index in [2.05, 4.69) is 20.7 Å². The lowest BCUT2D eigenvalue weighted by Crippen LogP contribution is -2.17. The maximum absolute atomic E-state index is 11.7. The molecule has 0 atom stereocenters. The van der Waals surface area contributed by atoms with Crippen LogP contribution in [0.4, 0.5) is 5.69 Å². The van der Waals surface area contributed by atoms with Crippen LogP contribution in [0.5, 0.6) is 0 Å². The Labute approximate surface area is 116 Å². The van der Waals surface area contributed by atoms with Crippen molar-refractivity contribution in [2.45, 2.75) is 20.3 Å². The van der Waals surface area contributed by atoms with E-state index in [4.69, 9.17) is 11.6 Å². The molecule has 0 bridgehead atoms. The van der Waals surface area contributed by atoms with Gasteiger partial charge in [0.2, 0.25) is 10.0 Å². The summed E-state index contributed by atoms with van der Waals surface area (Å²) in [5.41, 5.74) is 0.519. The average molecular weight is 341 g/mol. The number of hydrogen-bond donors (Lipinski definition) is 1. The smallest absolute Gasteiger partial charge is 0.232 e. The molecule has 0 heterocycles. The Hall–Kier alpha value is -0.260. The Kier molecular flexibility index (Phi) is 5.28. The lowest BCUT2D eigenvalue weighted by Gasteiger charge is -2.10. The van der Waals surface area contributed by atoms with Gasteiger partial charge in [0.05, 0.1) is 10.8 Å². The first-order valence-corrected chi connectivity index (χ1v) is 8.08. The van der Waals surface area contributed by atoms with Gasteiger partial charge in [0, 0.05) is 10.2 Å². The minimum absolute atomic E-state index is 0.130. The van der Waals surface area contributed by atoms with E-state index in [0.29, 0.717) is 27.5 Å². The molecule has 0 fully saturated rings. The molecule has 0 aliphatic heterocycles. The van der Waals surface area contributed by atoms with Gasteiger partial charge >= 0.3 is 0 Å². The second-order valence-corrected chi connectivity index (χ2v) is 7.34. The molecule has 1 rings (SSSR count). The molecule has 0 saturated carbocycles. The first-order valence-electron chi connectivity index (χ1n) is 5.26. The lowest BCUT2D eigenvalue weighted by molar-refractivity contribution is 0.578. The van der Waals surface area contributed by atoms with Gasteiger partial charge in [-0.15, -0.1) is 0 Å². The lowest BCUT2D eigenvalue weighted by atomic mass is 10.2. The van der Waals surface area contributed by atoms with Crippen LogP contribution < -0.4 is 4.72 Å². The van der Waals surface area contributed by atoms with E-state index in [-0.39, 0.29) is 5.75 Å². The molecule has 0 saturated heterocycles. The summed E-state index contributed by atoms with van der Waals surface area (Å²) < 4.78 is 26.7. The number of nitrogens with one attached hydrogen (secondary N) is 1. The third-order valence-corrected chi connectivity index (χ3v) is 4.69. The van der Waals surface area contributed by atoms with Gasteiger partial charge in [-0.2, -0.15) is 0 Å². The molecule has 0 amide bonds. The molecule has 1 aromatic carbocycles. The van der Waals surface area contributed by atoms with Crippen molar-refractivity contribution in [1.29, 1.82) is 0 Å². The van der Waals surface area contributed by atoms with Crippen molar-refractivity contribution < 1.29 is 8.42 Å². The van der Waals surface area contributed by atoms with Crippen molar-refractivity contribution in [3.63, 3.8) is 0 Å². The van der Waals surface area contributed by atoms with Gasteiger partial charge in [-0.05, 0) is 46.5 Å². The van der Waals surface area contributed by atoms with Gasteiger partial charge in [-0.3, -0.25) is 4.72 Å². The molecule has 6 heteroatoms. The van der Waals surface area contributed by atoms with Crippen LogP contribution in [0.25, 0.3) is 0 Å². The number of halogens is 2. The zero-order valence-electron chi connectivity index (χ0n) is 9.70. The molecular formula is C11H15BrClNO2S. The maximum atomic E-state index is 11.7. The molecule has 1 N–H and O–H groups in total. The van der Waals surface area contributed by atoms with E-state index >= 15 is 0 Å². The molecule has 3 nitrogen and oxygen atoms in total. The van der Waals surface area contributed by atoms with E-state index in [1.54, 1.807) is 18.2 Å². The first-order chi connectivity index (χ1) is 7.80. The van der Waals surface area contributed by atoms with E-state index in [9.17, 15) is 8.42 Å². The molecule has 17 heavy (non-hydrogen) atoms. The second-order valence-electron chi connectivity index (χ2n) is 4.23. The van der Waals surface area contributed by atoms with Crippen LogP contribution >= 0.6 is 27.5 Å². The van der Waals surface area contributed by atoms with Crippen LogP contribution in [0.3, 0.4) is 0 Å². The van der Waals surface area contributed by atoms with Crippen molar-refractivity contribution in [1.82, 2.24) is 0 Å². The molecular weight excluding hydrogens is 326 g/mol. The molecule has 0 aromatic heterocycles. The molecule has 0 spiro atoms. The highest BCUT2D eigenvalue weighted by molar-refractivity contribution is 9.10. The van der Waals surface area contributed by atoms with Gasteiger partial charge in [-0.25, -0.2) is 8.42 Å². The quantitative estimate of drug-likeness (QED) is 0.884. The van der Waals surface area contributed by atoms with Crippen LogP contribution in [0.2, 0.25) is 5.02 Å². The van der Waals surface area contributed by atoms with Gasteiger partial charge in [0.25, 0.3) is 0 Å². The fourth-order valence-electron chi connectivity index (χ4n) is 1.18. The largest absolute Gasteiger partial charge is 0.284 e. The third-order valence-electron chi connectivity index (χ3n) is 2.16. The predicted molar refractivity (Wildman–Crippen MR) is 76.0 cm³/mol. The molecule has 0 aliphatic carbocycles. The summed E-state index contributed by atoms with van der Waals surface area (Å²) in [6.45, 7) is 3.99. The minimum atomic E-state index is -3.27. The maximum Gasteiger partial charge on any atom is 0.232 e. The highest BCUT2D eigenvalue weighted by Gasteiger charge is 2.11. The molecule has 0 aliphatic rings. The third kappa shape index (κ3) is 5.27. The van der Waals surface area contributed by atoms with Crippen LogP contribution in [0, 0.1) is 5.92 Å². The fraction of sp³-hybridized carbons (Fsp3) is 0.455. The van der Waals surface area contributed by atoms with Gasteiger partial charge in [0.15, 0.2) is 0 Å². The molecule has 0 radical (unpaired) electrons. The van der Waals surface area contributed by atoms with Crippen LogP contribution in [0.15, 0.2) is 22.7 Å². The zero-order chi connectivity index (χ0) is 13.1. The highest BCUT2D eigenvalue weighted by atomic mass is 79.9. The number of sulfonamides is 1. The van der Waals surface area contributed by atoms with Gasteiger partial charge in [-0.1, -0.05) is 25.4 Å². The topological polar surface area (TPSA) is 46.2 Å². The van der Waals surface area contributed by atoms with E-state index in [1.165, 1.54) is 0 Å². The first kappa shape index (κ1) is 14.8. The standard InChI is InChI=1S/C11H15BrClNO2S/c1-8(2)5-6-17(15,16)14-9-3-4-11(13)10(12)7-9/h3-4,7-8,14H,5-6H2,1-2H3. The van der Waals surface area contributed by atoms with Gasteiger partial charge < -0.3 is 0 Å². The summed E-state index contributed by atoms with van der Waals surface area (Å²) >= 11 is 9.08. The van der Waals surface area contributed by atoms with Crippen molar-refractivity contribution in [2.24, 2.45) is 5.92 Å². The summed E-state index contributed by atoms with van der Waals surface area (Å²) in [4.78, 5) is 0. The monoisotopic (exact) mass is 339 g/mol. The van der Waals surface area contributed by atoms with E-state index in [0.717, 1.165) is 0 Å². The fourth-order valence-corrected chi connectivity index (χ4v) is 3.05. The Bertz CT molecular complexity index is 488. The molecule has 0 unspecified atom stereocenters. The van der Waals surface area contributed by atoms with E-state index in [1.807, 2.05) is 13.8 Å². The molecule has 96 valence electrons. The van der Waals surface area contributed by atoms with Gasteiger partial charge in [0.1, 0.15) is 0 Å². The van der Waals surface area contributed by atoms with Crippen LogP contribution in [-0.4, -0.2) is 14.2 Å². The Balaban J connectivity index is 2.73. The van der Waals surface area contributed by atoms with Crippen molar-refractivity contribution in [3.8, 4) is 0 Å². The van der Waals surface area contributed by atoms with Crippen molar-refractivity contribution in [3.05, 3.63) is 27.7 Å². The van der Waals surface area contributed by atoms with E-state index < -0.39 is 10.0 Å². The van der Waals surface area contributed by atoms with Crippen molar-refractivity contribution in [2.75, 3.05) is 10.5 Å². The normalized spacial score (nSPS) is 11.8. The summed E-state index contributed by atoms with van der Waals surface area (Å²) in [5, 5.41) is 0.551. The SMILES string of the molecule is CC(C)CCS(=O)(=O)Nc1ccc(Cl)c(Br)c1. The molecule has 1 aromatic rings. The average Bonchev–Trinajstić information content (AvgIpc) is 2.21. The highest BCUT2D eigenvalue weighted by Crippen LogP contribution is 2.26. The number of hydrogen-bond acceptors (Lipinski definition) is 2. The van der Waals surface area contributed by atoms with Crippen molar-refractivity contribution >= 4 is 43.2 Å². The Morgan fingerprint density at radius 3 is 2.59 bits per heavy atom. The summed E-state index contributed by atoms with van der Waals surface area (Å²) in [7, 11) is -3.27. The minimum Gasteiger partial charge on any atom is -0.284 e. The van der Waals surface area contributed by atoms with Crippen LogP contribution in [-0.2, 0) is 10.0 Å². The number of rotatable bonds is 5. The van der Waals surface area contributed by atoms with Crippen LogP contribution in [0.1, 0.15) is 20.3 Å². The zero-order valence-corrected chi connectivity index (χ0v) is 12.9.